The zero-order valence-electron chi connectivity index (χ0n) is 15.8. The Bertz CT molecular complexity index is 1190. The van der Waals surface area contributed by atoms with Gasteiger partial charge in [0, 0.05) is 23.2 Å². The first-order valence-corrected chi connectivity index (χ1v) is 12.1. The van der Waals surface area contributed by atoms with Crippen molar-refractivity contribution in [3.8, 4) is 0 Å². The summed E-state index contributed by atoms with van der Waals surface area (Å²) in [5.41, 5.74) is 1.79. The van der Waals surface area contributed by atoms with E-state index in [4.69, 9.17) is 0 Å². The number of rotatable bonds is 5. The van der Waals surface area contributed by atoms with Crippen LogP contribution in [0.25, 0.3) is 10.8 Å². The zero-order chi connectivity index (χ0) is 20.0. The largest absolute Gasteiger partial charge is 0.354 e. The smallest absolute Gasteiger partial charge is 0.265 e. The third-order valence-corrected chi connectivity index (χ3v) is 8.54. The number of hydrogen-bond acceptors (Lipinski definition) is 5. The summed E-state index contributed by atoms with van der Waals surface area (Å²) in [5, 5.41) is 5.45. The van der Waals surface area contributed by atoms with Crippen molar-refractivity contribution in [3.05, 3.63) is 52.0 Å². The highest BCUT2D eigenvalue weighted by atomic mass is 32.2. The quantitative estimate of drug-likeness (QED) is 0.679. The van der Waals surface area contributed by atoms with Crippen LogP contribution in [0.2, 0.25) is 0 Å². The molecule has 0 saturated carbocycles. The van der Waals surface area contributed by atoms with E-state index >= 15 is 0 Å². The number of sulfonamides is 1. The summed E-state index contributed by atoms with van der Waals surface area (Å²) in [6, 6.07) is 10.7. The van der Waals surface area contributed by atoms with Crippen molar-refractivity contribution in [1.29, 1.82) is 0 Å². The van der Waals surface area contributed by atoms with E-state index in [0.717, 1.165) is 23.2 Å². The summed E-state index contributed by atoms with van der Waals surface area (Å²) in [4.78, 5) is 18.8. The number of anilines is 1. The van der Waals surface area contributed by atoms with Crippen LogP contribution in [0.3, 0.4) is 0 Å². The number of amides is 1. The van der Waals surface area contributed by atoms with Gasteiger partial charge in [-0.05, 0) is 43.2 Å². The topological polar surface area (TPSA) is 79.4 Å². The molecule has 1 aliphatic carbocycles. The highest BCUT2D eigenvalue weighted by molar-refractivity contribution is 7.93. The Hall–Kier alpha value is -2.45. The molecule has 29 heavy (non-hydrogen) atoms. The number of aryl methyl sites for hydroxylation is 2. The fourth-order valence-electron chi connectivity index (χ4n) is 4.14. The van der Waals surface area contributed by atoms with Crippen LogP contribution >= 0.6 is 11.3 Å². The molecule has 2 aromatic carbocycles. The molecule has 0 fully saturated rings. The number of nitrogens with zero attached hydrogens (tertiary/aromatic N) is 2. The number of fused-ring (bicyclic) bond motifs is 1. The number of hydrogen-bond donors (Lipinski definition) is 1. The van der Waals surface area contributed by atoms with Gasteiger partial charge in [0.25, 0.3) is 10.0 Å². The van der Waals surface area contributed by atoms with Crippen LogP contribution < -0.4 is 9.62 Å². The number of thiazole rings is 1. The molecule has 1 N–H and O–H groups in total. The minimum absolute atomic E-state index is 0.218. The van der Waals surface area contributed by atoms with Gasteiger partial charge < -0.3 is 5.32 Å². The van der Waals surface area contributed by atoms with Gasteiger partial charge >= 0.3 is 0 Å². The van der Waals surface area contributed by atoms with Crippen LogP contribution in [0.4, 0.5) is 5.69 Å². The van der Waals surface area contributed by atoms with E-state index in [1.807, 2.05) is 18.2 Å². The predicted octanol–water partition coefficient (Wildman–Crippen LogP) is 3.04. The van der Waals surface area contributed by atoms with Gasteiger partial charge in [-0.25, -0.2) is 13.4 Å². The molecule has 2 heterocycles. The minimum Gasteiger partial charge on any atom is -0.354 e. The number of carbonyl (C=O) groups excluding carboxylic acids is 1. The molecule has 0 saturated heterocycles. The van der Waals surface area contributed by atoms with Crippen LogP contribution in [-0.2, 0) is 34.1 Å². The maximum Gasteiger partial charge on any atom is 0.265 e. The molecule has 3 aromatic rings. The van der Waals surface area contributed by atoms with Gasteiger partial charge in [0.2, 0.25) is 5.91 Å². The summed E-state index contributed by atoms with van der Waals surface area (Å²) >= 11 is 1.74. The van der Waals surface area contributed by atoms with Crippen molar-refractivity contribution in [2.24, 2.45) is 0 Å². The fraction of sp³-hybridized carbons (Fsp3) is 0.333. The summed E-state index contributed by atoms with van der Waals surface area (Å²) in [5.74, 6) is -0.306. The Labute approximate surface area is 173 Å². The Balaban J connectivity index is 1.27. The zero-order valence-corrected chi connectivity index (χ0v) is 17.5. The molecule has 0 unspecified atom stereocenters. The number of aromatic nitrogens is 1. The summed E-state index contributed by atoms with van der Waals surface area (Å²) in [6.45, 7) is 0.237. The van der Waals surface area contributed by atoms with E-state index in [1.54, 1.807) is 29.5 Å². The number of carbonyl (C=O) groups is 1. The van der Waals surface area contributed by atoms with Gasteiger partial charge in [-0.2, -0.15) is 0 Å². The Morgan fingerprint density at radius 2 is 1.93 bits per heavy atom. The highest BCUT2D eigenvalue weighted by Gasteiger charge is 2.36. The summed E-state index contributed by atoms with van der Waals surface area (Å²) in [7, 11) is -3.71. The van der Waals surface area contributed by atoms with Crippen LogP contribution in [0.1, 0.15) is 28.4 Å². The van der Waals surface area contributed by atoms with Gasteiger partial charge in [-0.3, -0.25) is 9.10 Å². The first-order chi connectivity index (χ1) is 14.0. The van der Waals surface area contributed by atoms with Crippen molar-refractivity contribution in [3.63, 3.8) is 0 Å². The lowest BCUT2D eigenvalue weighted by molar-refractivity contribution is -0.119. The molecule has 5 rings (SSSR count). The molecule has 1 aliphatic heterocycles. The molecule has 6 nitrogen and oxygen atoms in total. The second-order valence-electron chi connectivity index (χ2n) is 7.43. The molecule has 8 heteroatoms. The van der Waals surface area contributed by atoms with Crippen LogP contribution in [-0.4, -0.2) is 32.4 Å². The summed E-state index contributed by atoms with van der Waals surface area (Å²) in [6.07, 6.45) is 5.26. The van der Waals surface area contributed by atoms with Gasteiger partial charge in [0.15, 0.2) is 0 Å². The molecule has 0 spiro atoms. The lowest BCUT2D eigenvalue weighted by Crippen LogP contribution is -2.39. The van der Waals surface area contributed by atoms with E-state index in [1.165, 1.54) is 27.7 Å². The SMILES string of the molecule is O=C(CN1c2cccc3cccc(c23)S1(=O)=O)NCCc1nc2c(s1)CCCC2. The molecule has 0 bridgehead atoms. The Morgan fingerprint density at radius 3 is 2.76 bits per heavy atom. The second kappa shape index (κ2) is 7.11. The van der Waals surface area contributed by atoms with E-state index in [2.05, 4.69) is 10.3 Å². The average Bonchev–Trinajstić information content (AvgIpc) is 3.22. The molecular formula is C21H21N3O3S2. The lowest BCUT2D eigenvalue weighted by Gasteiger charge is -2.18. The van der Waals surface area contributed by atoms with Crippen LogP contribution in [0.15, 0.2) is 41.3 Å². The van der Waals surface area contributed by atoms with Crippen LogP contribution in [0, 0.1) is 0 Å². The van der Waals surface area contributed by atoms with E-state index in [-0.39, 0.29) is 17.3 Å². The molecule has 0 radical (unpaired) electrons. The van der Waals surface area contributed by atoms with Crippen molar-refractivity contribution >= 4 is 43.7 Å². The molecule has 2 aliphatic rings. The average molecular weight is 428 g/mol. The first-order valence-electron chi connectivity index (χ1n) is 9.83. The number of nitrogens with one attached hydrogen (secondary N) is 1. The standard InChI is InChI=1S/C21H21N3O3S2/c25-19(22-12-11-20-23-15-7-1-2-9-17(15)28-20)13-24-16-8-3-5-14-6-4-10-18(21(14)16)29(24,26)27/h3-6,8,10H,1-2,7,9,11-13H2,(H,22,25). The maximum absolute atomic E-state index is 12.9. The third-order valence-electron chi connectivity index (χ3n) is 5.52. The predicted molar refractivity (Wildman–Crippen MR) is 114 cm³/mol. The van der Waals surface area contributed by atoms with Crippen molar-refractivity contribution in [1.82, 2.24) is 10.3 Å². The molecular weight excluding hydrogens is 406 g/mol. The first kappa shape index (κ1) is 18.6. The van der Waals surface area contributed by atoms with Gasteiger partial charge in [-0.15, -0.1) is 11.3 Å². The van der Waals surface area contributed by atoms with E-state index < -0.39 is 10.0 Å². The maximum atomic E-state index is 12.9. The third kappa shape index (κ3) is 3.20. The highest BCUT2D eigenvalue weighted by Crippen LogP contribution is 2.41. The monoisotopic (exact) mass is 427 g/mol. The molecule has 1 amide bonds. The minimum atomic E-state index is -3.71. The lowest BCUT2D eigenvalue weighted by atomic mass is 10.0. The van der Waals surface area contributed by atoms with Gasteiger partial charge in [0.05, 0.1) is 21.3 Å². The Morgan fingerprint density at radius 1 is 1.14 bits per heavy atom. The van der Waals surface area contributed by atoms with Crippen molar-refractivity contribution < 1.29 is 13.2 Å². The molecule has 150 valence electrons. The van der Waals surface area contributed by atoms with Crippen molar-refractivity contribution in [2.75, 3.05) is 17.4 Å². The summed E-state index contributed by atoms with van der Waals surface area (Å²) < 4.78 is 27.1. The molecule has 0 atom stereocenters. The van der Waals surface area contributed by atoms with E-state index in [0.29, 0.717) is 24.0 Å². The fourth-order valence-corrected chi connectivity index (χ4v) is 6.96. The number of benzene rings is 2. The molecule has 1 aromatic heterocycles. The van der Waals surface area contributed by atoms with Gasteiger partial charge in [-0.1, -0.05) is 24.3 Å². The van der Waals surface area contributed by atoms with Crippen LogP contribution in [0.5, 0.6) is 0 Å². The van der Waals surface area contributed by atoms with Gasteiger partial charge in [0.1, 0.15) is 6.54 Å². The Kier molecular flexibility index (Phi) is 4.55. The van der Waals surface area contributed by atoms with Crippen molar-refractivity contribution in [2.45, 2.75) is 37.0 Å². The van der Waals surface area contributed by atoms with E-state index in [9.17, 15) is 13.2 Å². The second-order valence-corrected chi connectivity index (χ2v) is 10.4. The normalized spacial score (nSPS) is 16.8.